The van der Waals surface area contributed by atoms with Crippen molar-refractivity contribution in [3.63, 3.8) is 0 Å². The van der Waals surface area contributed by atoms with Crippen LogP contribution in [0.4, 0.5) is 0 Å². The second-order valence-corrected chi connectivity index (χ2v) is 4.20. The molecule has 5 heteroatoms. The molecule has 13 heavy (non-hydrogen) atoms. The predicted octanol–water partition coefficient (Wildman–Crippen LogP) is 1.62. The highest BCUT2D eigenvalue weighted by atomic mass is 79.9. The summed E-state index contributed by atoms with van der Waals surface area (Å²) in [6.45, 7) is 0.617. The van der Waals surface area contributed by atoms with E-state index in [1.807, 2.05) is 11.4 Å². The minimum Gasteiger partial charge on any atom is -0.396 e. The first-order chi connectivity index (χ1) is 6.25. The van der Waals surface area contributed by atoms with Gasteiger partial charge in [-0.25, -0.2) is 0 Å². The van der Waals surface area contributed by atoms with Crippen molar-refractivity contribution in [3.05, 3.63) is 20.8 Å². The maximum atomic E-state index is 11.4. The van der Waals surface area contributed by atoms with E-state index in [1.165, 1.54) is 11.3 Å². The van der Waals surface area contributed by atoms with Gasteiger partial charge in [-0.3, -0.25) is 4.79 Å². The summed E-state index contributed by atoms with van der Waals surface area (Å²) in [5.74, 6) is -0.0877. The van der Waals surface area contributed by atoms with Crippen LogP contribution in [-0.4, -0.2) is 24.2 Å². The van der Waals surface area contributed by atoms with E-state index < -0.39 is 0 Å². The van der Waals surface area contributed by atoms with Crippen LogP contribution in [0.15, 0.2) is 15.9 Å². The maximum absolute atomic E-state index is 11.4. The number of hydrogen-bond donors (Lipinski definition) is 2. The number of aliphatic hydroxyl groups is 1. The standard InChI is InChI=1S/C8H10BrNO2S/c9-6-2-5-13-7(6)8(12)10-3-1-4-11/h2,5,11H,1,3-4H2,(H,10,12). The van der Waals surface area contributed by atoms with Gasteiger partial charge in [0, 0.05) is 17.6 Å². The third kappa shape index (κ3) is 3.10. The lowest BCUT2D eigenvalue weighted by Gasteiger charge is -2.01. The molecule has 0 unspecified atom stereocenters. The van der Waals surface area contributed by atoms with Crippen molar-refractivity contribution in [2.75, 3.05) is 13.2 Å². The molecule has 3 nitrogen and oxygen atoms in total. The molecule has 0 aliphatic heterocycles. The zero-order valence-corrected chi connectivity index (χ0v) is 9.32. The van der Waals surface area contributed by atoms with Gasteiger partial charge in [-0.05, 0) is 33.8 Å². The molecule has 0 bridgehead atoms. The number of rotatable bonds is 4. The van der Waals surface area contributed by atoms with Gasteiger partial charge in [0.1, 0.15) is 4.88 Å². The highest BCUT2D eigenvalue weighted by molar-refractivity contribution is 9.10. The van der Waals surface area contributed by atoms with E-state index in [2.05, 4.69) is 21.2 Å². The second kappa shape index (κ2) is 5.36. The lowest BCUT2D eigenvalue weighted by molar-refractivity contribution is 0.0954. The predicted molar refractivity (Wildman–Crippen MR) is 56.1 cm³/mol. The Morgan fingerprint density at radius 3 is 3.00 bits per heavy atom. The Morgan fingerprint density at radius 1 is 1.69 bits per heavy atom. The monoisotopic (exact) mass is 263 g/mol. The second-order valence-electron chi connectivity index (χ2n) is 2.43. The van der Waals surface area contributed by atoms with Crippen LogP contribution in [-0.2, 0) is 0 Å². The van der Waals surface area contributed by atoms with Crippen molar-refractivity contribution in [1.82, 2.24) is 5.32 Å². The number of amides is 1. The Bertz CT molecular complexity index is 287. The third-order valence-electron chi connectivity index (χ3n) is 1.44. The molecular formula is C8H10BrNO2S. The maximum Gasteiger partial charge on any atom is 0.262 e. The summed E-state index contributed by atoms with van der Waals surface area (Å²) >= 11 is 4.67. The van der Waals surface area contributed by atoms with Crippen molar-refractivity contribution < 1.29 is 9.90 Å². The summed E-state index contributed by atoms with van der Waals surface area (Å²) in [6, 6.07) is 1.84. The fourth-order valence-electron chi connectivity index (χ4n) is 0.817. The van der Waals surface area contributed by atoms with Crippen molar-refractivity contribution in [2.24, 2.45) is 0 Å². The van der Waals surface area contributed by atoms with E-state index >= 15 is 0 Å². The van der Waals surface area contributed by atoms with Crippen LogP contribution in [0, 0.1) is 0 Å². The van der Waals surface area contributed by atoms with Crippen LogP contribution in [0.3, 0.4) is 0 Å². The third-order valence-corrected chi connectivity index (χ3v) is 3.28. The fraction of sp³-hybridized carbons (Fsp3) is 0.375. The first-order valence-corrected chi connectivity index (χ1v) is 5.55. The molecule has 2 N–H and O–H groups in total. The van der Waals surface area contributed by atoms with Gasteiger partial charge in [0.25, 0.3) is 5.91 Å². The minimum atomic E-state index is -0.0877. The van der Waals surface area contributed by atoms with Crippen LogP contribution in [0.1, 0.15) is 16.1 Å². The molecule has 0 aliphatic carbocycles. The SMILES string of the molecule is O=C(NCCCO)c1sccc1Br. The number of hydrogen-bond acceptors (Lipinski definition) is 3. The van der Waals surface area contributed by atoms with E-state index in [9.17, 15) is 4.79 Å². The molecule has 1 aromatic heterocycles. The quantitative estimate of drug-likeness (QED) is 0.812. The zero-order chi connectivity index (χ0) is 9.68. The number of carbonyl (C=O) groups excluding carboxylic acids is 1. The van der Waals surface area contributed by atoms with E-state index in [-0.39, 0.29) is 12.5 Å². The summed E-state index contributed by atoms with van der Waals surface area (Å²) in [7, 11) is 0. The van der Waals surface area contributed by atoms with Crippen LogP contribution < -0.4 is 5.32 Å². The van der Waals surface area contributed by atoms with Gasteiger partial charge in [0.05, 0.1) is 0 Å². The zero-order valence-electron chi connectivity index (χ0n) is 6.92. The fourth-order valence-corrected chi connectivity index (χ4v) is 2.28. The van der Waals surface area contributed by atoms with Crippen molar-refractivity contribution >= 4 is 33.2 Å². The van der Waals surface area contributed by atoms with Crippen molar-refractivity contribution in [2.45, 2.75) is 6.42 Å². The number of nitrogens with one attached hydrogen (secondary N) is 1. The van der Waals surface area contributed by atoms with E-state index in [4.69, 9.17) is 5.11 Å². The Labute approximate surface area is 88.9 Å². The topological polar surface area (TPSA) is 49.3 Å². The van der Waals surface area contributed by atoms with Crippen LogP contribution in [0.25, 0.3) is 0 Å². The first kappa shape index (κ1) is 10.7. The van der Waals surface area contributed by atoms with Gasteiger partial charge >= 0.3 is 0 Å². The molecule has 0 saturated heterocycles. The summed E-state index contributed by atoms with van der Waals surface area (Å²) < 4.78 is 0.819. The Kier molecular flexibility index (Phi) is 4.41. The Balaban J connectivity index is 2.45. The van der Waals surface area contributed by atoms with Gasteiger partial charge in [0.2, 0.25) is 0 Å². The molecular weight excluding hydrogens is 254 g/mol. The number of carbonyl (C=O) groups is 1. The summed E-state index contributed by atoms with van der Waals surface area (Å²) in [4.78, 5) is 12.1. The molecule has 1 rings (SSSR count). The lowest BCUT2D eigenvalue weighted by atomic mass is 10.4. The van der Waals surface area contributed by atoms with Gasteiger partial charge in [0.15, 0.2) is 0 Å². The van der Waals surface area contributed by atoms with E-state index in [1.54, 1.807) is 0 Å². The van der Waals surface area contributed by atoms with E-state index in [0.29, 0.717) is 17.8 Å². The number of thiophene rings is 1. The van der Waals surface area contributed by atoms with Gasteiger partial charge in [-0.2, -0.15) is 0 Å². The Morgan fingerprint density at radius 2 is 2.46 bits per heavy atom. The largest absolute Gasteiger partial charge is 0.396 e. The highest BCUT2D eigenvalue weighted by Crippen LogP contribution is 2.22. The summed E-state index contributed by atoms with van der Waals surface area (Å²) in [5, 5.41) is 13.1. The van der Waals surface area contributed by atoms with Gasteiger partial charge < -0.3 is 10.4 Å². The van der Waals surface area contributed by atoms with E-state index in [0.717, 1.165) is 4.47 Å². The average molecular weight is 264 g/mol. The van der Waals surface area contributed by atoms with Gasteiger partial charge in [-0.15, -0.1) is 11.3 Å². The summed E-state index contributed by atoms with van der Waals surface area (Å²) in [5.41, 5.74) is 0. The first-order valence-electron chi connectivity index (χ1n) is 3.87. The molecule has 1 heterocycles. The molecule has 0 radical (unpaired) electrons. The molecule has 1 aromatic rings. The Hall–Kier alpha value is -0.390. The lowest BCUT2D eigenvalue weighted by Crippen LogP contribution is -2.24. The molecule has 0 fully saturated rings. The highest BCUT2D eigenvalue weighted by Gasteiger charge is 2.09. The van der Waals surface area contributed by atoms with Crippen LogP contribution in [0.2, 0.25) is 0 Å². The van der Waals surface area contributed by atoms with Crippen LogP contribution >= 0.6 is 27.3 Å². The molecule has 0 aromatic carbocycles. The number of aliphatic hydroxyl groups excluding tert-OH is 1. The number of halogens is 1. The molecule has 0 atom stereocenters. The molecule has 0 aliphatic rings. The molecule has 1 amide bonds. The summed E-state index contributed by atoms with van der Waals surface area (Å²) in [6.07, 6.45) is 0.592. The molecule has 0 saturated carbocycles. The van der Waals surface area contributed by atoms with Gasteiger partial charge in [-0.1, -0.05) is 0 Å². The smallest absolute Gasteiger partial charge is 0.262 e. The molecule has 0 spiro atoms. The van der Waals surface area contributed by atoms with Crippen LogP contribution in [0.5, 0.6) is 0 Å². The van der Waals surface area contributed by atoms with Crippen molar-refractivity contribution in [1.29, 1.82) is 0 Å². The normalized spacial score (nSPS) is 10.0. The minimum absolute atomic E-state index is 0.0877. The molecule has 72 valence electrons. The van der Waals surface area contributed by atoms with Crippen molar-refractivity contribution in [3.8, 4) is 0 Å². The average Bonchev–Trinajstić information content (AvgIpc) is 2.52.